The molecule has 2 heterocycles. The van der Waals surface area contributed by atoms with Crippen LogP contribution in [0, 0.1) is 0 Å². The number of carboxylic acid groups (broad SMARTS) is 1. The number of halogens is 2. The van der Waals surface area contributed by atoms with Crippen molar-refractivity contribution in [3.8, 4) is 0 Å². The maximum Gasteiger partial charge on any atom is 0.411 e. The summed E-state index contributed by atoms with van der Waals surface area (Å²) in [6.07, 6.45) is 3.48. The zero-order valence-electron chi connectivity index (χ0n) is 18.9. The van der Waals surface area contributed by atoms with Gasteiger partial charge in [0, 0.05) is 37.3 Å². The maximum atomic E-state index is 12.7. The van der Waals surface area contributed by atoms with E-state index >= 15 is 0 Å². The van der Waals surface area contributed by atoms with Crippen molar-refractivity contribution in [2.24, 2.45) is 0 Å². The number of carbonyl (C=O) groups is 2. The lowest BCUT2D eigenvalue weighted by atomic mass is 10.0. The van der Waals surface area contributed by atoms with Gasteiger partial charge in [-0.05, 0) is 78.4 Å². The van der Waals surface area contributed by atoms with Gasteiger partial charge in [-0.3, -0.25) is 9.88 Å². The Balaban J connectivity index is 1.63. The van der Waals surface area contributed by atoms with Crippen LogP contribution < -0.4 is 4.90 Å². The van der Waals surface area contributed by atoms with Gasteiger partial charge in [-0.25, -0.2) is 9.59 Å². The highest BCUT2D eigenvalue weighted by Crippen LogP contribution is 2.37. The summed E-state index contributed by atoms with van der Waals surface area (Å²) in [5.74, 6) is -1.05. The van der Waals surface area contributed by atoms with Gasteiger partial charge in [0.15, 0.2) is 0 Å². The van der Waals surface area contributed by atoms with Crippen molar-refractivity contribution in [1.82, 2.24) is 9.88 Å². The van der Waals surface area contributed by atoms with Gasteiger partial charge in [0.05, 0.1) is 15.9 Å². The Morgan fingerprint density at radius 1 is 1.21 bits per heavy atom. The molecule has 9 heteroatoms. The van der Waals surface area contributed by atoms with Crippen LogP contribution in [0.15, 0.2) is 28.9 Å². The molecule has 1 atom stereocenters. The lowest BCUT2D eigenvalue weighted by molar-refractivity contribution is -0.143. The number of aliphatic carboxylic acids is 1. The quantitative estimate of drug-likeness (QED) is 0.599. The van der Waals surface area contributed by atoms with Crippen LogP contribution in [-0.2, 0) is 28.8 Å². The summed E-state index contributed by atoms with van der Waals surface area (Å²) in [7, 11) is 0. The van der Waals surface area contributed by atoms with E-state index in [1.807, 2.05) is 17.0 Å². The minimum Gasteiger partial charge on any atom is -0.480 e. The Hall–Kier alpha value is -2.32. The van der Waals surface area contributed by atoms with E-state index < -0.39 is 23.7 Å². The van der Waals surface area contributed by atoms with Crippen LogP contribution in [-0.4, -0.2) is 58.3 Å². The molecule has 1 fully saturated rings. The van der Waals surface area contributed by atoms with Crippen molar-refractivity contribution in [2.75, 3.05) is 24.5 Å². The van der Waals surface area contributed by atoms with Crippen LogP contribution in [0.2, 0.25) is 5.02 Å². The summed E-state index contributed by atoms with van der Waals surface area (Å²) in [5.41, 5.74) is 4.76. The van der Waals surface area contributed by atoms with Crippen LogP contribution in [0.3, 0.4) is 0 Å². The molecular formula is C24H27BrClN3O4. The minimum atomic E-state index is -1.05. The van der Waals surface area contributed by atoms with Gasteiger partial charge < -0.3 is 14.7 Å². The third kappa shape index (κ3) is 5.11. The molecule has 1 saturated heterocycles. The molecule has 1 aromatic heterocycles. The number of pyridine rings is 1. The van der Waals surface area contributed by atoms with E-state index in [2.05, 4.69) is 27.0 Å². The normalized spacial score (nSPS) is 18.3. The van der Waals surface area contributed by atoms with Crippen LogP contribution in [0.4, 0.5) is 10.5 Å². The van der Waals surface area contributed by atoms with Gasteiger partial charge in [0.1, 0.15) is 11.6 Å². The molecule has 4 rings (SSSR count). The molecule has 2 aromatic rings. The van der Waals surface area contributed by atoms with Gasteiger partial charge in [-0.15, -0.1) is 0 Å². The van der Waals surface area contributed by atoms with Crippen molar-refractivity contribution in [3.05, 3.63) is 56.3 Å². The summed E-state index contributed by atoms with van der Waals surface area (Å²) in [5, 5.41) is 10.6. The van der Waals surface area contributed by atoms with E-state index in [0.717, 1.165) is 39.3 Å². The highest BCUT2D eigenvalue weighted by molar-refractivity contribution is 9.10. The molecule has 1 amide bonds. The van der Waals surface area contributed by atoms with E-state index in [9.17, 15) is 14.7 Å². The van der Waals surface area contributed by atoms with E-state index in [1.165, 1.54) is 16.0 Å². The Labute approximate surface area is 206 Å². The number of ether oxygens (including phenoxy) is 1. The molecule has 2 aliphatic rings. The standard InChI is InChI=1S/C24H27BrClN3O4/c1-24(2,3)33-23(32)29-9-8-28(13-20(29)22(30)31)21-17-7-5-14-10-16(26)6-4-15(14)11-19(17)27-12-18(21)25/h4,6,10,12,20H,5,7-9,11,13H2,1-3H3,(H,30,31)/t20-/m1/s1. The highest BCUT2D eigenvalue weighted by atomic mass is 79.9. The fraction of sp³-hybridized carbons (Fsp3) is 0.458. The Bertz CT molecular complexity index is 1100. The lowest BCUT2D eigenvalue weighted by Crippen LogP contribution is -2.59. The molecule has 7 nitrogen and oxygen atoms in total. The summed E-state index contributed by atoms with van der Waals surface area (Å²) in [4.78, 5) is 32.8. The molecule has 33 heavy (non-hydrogen) atoms. The smallest absolute Gasteiger partial charge is 0.411 e. The molecule has 1 aromatic carbocycles. The number of rotatable bonds is 2. The largest absolute Gasteiger partial charge is 0.480 e. The molecule has 1 N–H and O–H groups in total. The molecule has 0 saturated carbocycles. The highest BCUT2D eigenvalue weighted by Gasteiger charge is 2.39. The van der Waals surface area contributed by atoms with Crippen LogP contribution in [0.1, 0.15) is 43.2 Å². The molecule has 0 bridgehead atoms. The topological polar surface area (TPSA) is 83.0 Å². The van der Waals surface area contributed by atoms with Crippen LogP contribution in [0.25, 0.3) is 0 Å². The summed E-state index contributed by atoms with van der Waals surface area (Å²) in [6.45, 7) is 6.23. The first-order valence-electron chi connectivity index (χ1n) is 10.9. The number of amides is 1. The van der Waals surface area contributed by atoms with Crippen molar-refractivity contribution in [3.63, 3.8) is 0 Å². The molecule has 1 aliphatic carbocycles. The van der Waals surface area contributed by atoms with Crippen molar-refractivity contribution in [2.45, 2.75) is 51.7 Å². The predicted molar refractivity (Wildman–Crippen MR) is 130 cm³/mol. The Morgan fingerprint density at radius 2 is 1.97 bits per heavy atom. The number of hydrogen-bond acceptors (Lipinski definition) is 5. The predicted octanol–water partition coefficient (Wildman–Crippen LogP) is 4.70. The van der Waals surface area contributed by atoms with Gasteiger partial charge >= 0.3 is 12.1 Å². The Kier molecular flexibility index (Phi) is 6.60. The lowest BCUT2D eigenvalue weighted by Gasteiger charge is -2.41. The second-order valence-electron chi connectivity index (χ2n) is 9.44. The second kappa shape index (κ2) is 9.14. The monoisotopic (exact) mass is 535 g/mol. The number of hydrogen-bond donors (Lipinski definition) is 1. The second-order valence-corrected chi connectivity index (χ2v) is 10.7. The van der Waals surface area contributed by atoms with E-state index in [1.54, 1.807) is 27.0 Å². The fourth-order valence-electron chi connectivity index (χ4n) is 4.49. The average molecular weight is 537 g/mol. The number of anilines is 1. The number of nitrogens with zero attached hydrogens (tertiary/aromatic N) is 3. The summed E-state index contributed by atoms with van der Waals surface area (Å²) < 4.78 is 6.27. The molecule has 0 unspecified atom stereocenters. The SMILES string of the molecule is CC(C)(C)OC(=O)N1CCN(c2c(Br)cnc3c2CCc2cc(Cl)ccc2C3)C[C@@H]1C(=O)O. The number of piperazine rings is 1. The van der Waals surface area contributed by atoms with Gasteiger partial charge in [-0.2, -0.15) is 0 Å². The number of benzene rings is 1. The number of aromatic nitrogens is 1. The fourth-order valence-corrected chi connectivity index (χ4v) is 5.27. The van der Waals surface area contributed by atoms with Crippen LogP contribution in [0.5, 0.6) is 0 Å². The maximum absolute atomic E-state index is 12.7. The average Bonchev–Trinajstić information content (AvgIpc) is 2.91. The third-order valence-corrected chi connectivity index (χ3v) is 6.79. The zero-order chi connectivity index (χ0) is 23.9. The van der Waals surface area contributed by atoms with Crippen molar-refractivity contribution >= 4 is 45.3 Å². The number of aryl methyl sites for hydroxylation is 1. The minimum absolute atomic E-state index is 0.169. The molecule has 0 radical (unpaired) electrons. The van der Waals surface area contributed by atoms with E-state index in [-0.39, 0.29) is 13.1 Å². The molecule has 0 spiro atoms. The zero-order valence-corrected chi connectivity index (χ0v) is 21.2. The first-order chi connectivity index (χ1) is 15.5. The number of carbonyl (C=O) groups excluding carboxylic acids is 1. The van der Waals surface area contributed by atoms with Gasteiger partial charge in [0.25, 0.3) is 0 Å². The van der Waals surface area contributed by atoms with Crippen molar-refractivity contribution < 1.29 is 19.4 Å². The summed E-state index contributed by atoms with van der Waals surface area (Å²) in [6, 6.07) is 4.96. The van der Waals surface area contributed by atoms with Gasteiger partial charge in [-0.1, -0.05) is 17.7 Å². The summed E-state index contributed by atoms with van der Waals surface area (Å²) >= 11 is 9.86. The van der Waals surface area contributed by atoms with Crippen molar-refractivity contribution in [1.29, 1.82) is 0 Å². The van der Waals surface area contributed by atoms with E-state index in [4.69, 9.17) is 16.3 Å². The van der Waals surface area contributed by atoms with Gasteiger partial charge in [0.2, 0.25) is 0 Å². The first kappa shape index (κ1) is 23.8. The van der Waals surface area contributed by atoms with E-state index in [0.29, 0.717) is 13.0 Å². The molecular weight excluding hydrogens is 510 g/mol. The first-order valence-corrected chi connectivity index (χ1v) is 12.1. The Morgan fingerprint density at radius 3 is 2.67 bits per heavy atom. The van der Waals surface area contributed by atoms with Crippen LogP contribution >= 0.6 is 27.5 Å². The number of carboxylic acids is 1. The third-order valence-electron chi connectivity index (χ3n) is 5.97. The molecule has 176 valence electrons. The number of fused-ring (bicyclic) bond motifs is 2. The molecule has 1 aliphatic heterocycles.